The van der Waals surface area contributed by atoms with Crippen LogP contribution in [-0.4, -0.2) is 47.1 Å². The molecule has 2 aliphatic rings. The van der Waals surface area contributed by atoms with Gasteiger partial charge in [-0.25, -0.2) is 0 Å². The van der Waals surface area contributed by atoms with E-state index in [2.05, 4.69) is 40.3 Å². The summed E-state index contributed by atoms with van der Waals surface area (Å²) in [4.78, 5) is 30.1. The van der Waals surface area contributed by atoms with Crippen LogP contribution in [0.1, 0.15) is 72.6 Å². The van der Waals surface area contributed by atoms with E-state index in [-0.39, 0.29) is 29.8 Å². The molecule has 8 heteroatoms. The first-order valence-corrected chi connectivity index (χ1v) is 13.9. The molecule has 2 heterocycles. The average molecular weight is 543 g/mol. The van der Waals surface area contributed by atoms with Crippen molar-refractivity contribution in [2.24, 2.45) is 16.7 Å². The van der Waals surface area contributed by atoms with Crippen molar-refractivity contribution in [2.45, 2.75) is 59.0 Å². The van der Waals surface area contributed by atoms with Crippen LogP contribution in [0.2, 0.25) is 0 Å². The third-order valence-corrected chi connectivity index (χ3v) is 9.06. The zero-order valence-corrected chi connectivity index (χ0v) is 23.7. The molecule has 1 aliphatic carbocycles. The number of rotatable bonds is 8. The van der Waals surface area contributed by atoms with E-state index in [0.717, 1.165) is 66.7 Å². The highest BCUT2D eigenvalue weighted by Crippen LogP contribution is 2.56. The van der Waals surface area contributed by atoms with Gasteiger partial charge in [0.05, 0.1) is 18.6 Å². The van der Waals surface area contributed by atoms with Gasteiger partial charge in [0.15, 0.2) is 0 Å². The maximum atomic E-state index is 12.8. The molecular formula is C32H38N4O4. The number of piperidine rings is 1. The lowest BCUT2D eigenvalue weighted by Crippen LogP contribution is -2.48. The Hall–Kier alpha value is -3.83. The van der Waals surface area contributed by atoms with E-state index in [4.69, 9.17) is 4.74 Å². The van der Waals surface area contributed by atoms with Gasteiger partial charge >= 0.3 is 5.97 Å². The number of nitriles is 1. The van der Waals surface area contributed by atoms with Gasteiger partial charge < -0.3 is 20.1 Å². The molecular weight excluding hydrogens is 504 g/mol. The van der Waals surface area contributed by atoms with E-state index >= 15 is 0 Å². The number of ether oxygens (including phenoxy) is 1. The summed E-state index contributed by atoms with van der Waals surface area (Å²) < 4.78 is 5.83. The van der Waals surface area contributed by atoms with Gasteiger partial charge in [-0.3, -0.25) is 14.5 Å². The fraction of sp³-hybridized carbons (Fsp3) is 0.469. The topological polar surface area (TPSA) is 118 Å². The number of carbonyl (C=O) groups is 2. The van der Waals surface area contributed by atoms with Crippen LogP contribution in [0.5, 0.6) is 5.75 Å². The SMILES string of the molecule is COc1cc(C)c2[nH]ccc2c1CN1CCC2(CC(C#N)C2)CC1c1ccc(C(=O)NCC(C)(C)C(=O)O)cc1. The second kappa shape index (κ2) is 10.6. The minimum Gasteiger partial charge on any atom is -0.496 e. The van der Waals surface area contributed by atoms with Crippen LogP contribution in [0, 0.1) is 35.0 Å². The average Bonchev–Trinajstić information content (AvgIpc) is 3.43. The van der Waals surface area contributed by atoms with Gasteiger partial charge in [-0.2, -0.15) is 5.26 Å². The van der Waals surface area contributed by atoms with Crippen LogP contribution < -0.4 is 10.1 Å². The number of fused-ring (bicyclic) bond motifs is 1. The molecule has 8 nitrogen and oxygen atoms in total. The number of carboxylic acid groups (broad SMARTS) is 1. The van der Waals surface area contributed by atoms with Crippen LogP contribution in [0.15, 0.2) is 42.6 Å². The van der Waals surface area contributed by atoms with Crippen molar-refractivity contribution < 1.29 is 19.4 Å². The van der Waals surface area contributed by atoms with Crippen molar-refractivity contribution in [1.29, 1.82) is 5.26 Å². The molecule has 3 aromatic rings. The molecule has 1 unspecified atom stereocenters. The van der Waals surface area contributed by atoms with Crippen molar-refractivity contribution >= 4 is 22.8 Å². The number of benzene rings is 2. The normalized spacial score (nSPS) is 23.0. The van der Waals surface area contributed by atoms with Crippen LogP contribution in [0.3, 0.4) is 0 Å². The number of H-pyrrole nitrogens is 1. The monoisotopic (exact) mass is 542 g/mol. The molecule has 0 radical (unpaired) electrons. The van der Waals surface area contributed by atoms with E-state index in [1.54, 1.807) is 21.0 Å². The summed E-state index contributed by atoms with van der Waals surface area (Å²) >= 11 is 0. The van der Waals surface area contributed by atoms with E-state index in [1.807, 2.05) is 30.5 Å². The minimum absolute atomic E-state index is 0.0495. The van der Waals surface area contributed by atoms with E-state index in [0.29, 0.717) is 5.56 Å². The van der Waals surface area contributed by atoms with Gasteiger partial charge in [0, 0.05) is 53.3 Å². The summed E-state index contributed by atoms with van der Waals surface area (Å²) in [7, 11) is 1.72. The van der Waals surface area contributed by atoms with Crippen LogP contribution >= 0.6 is 0 Å². The molecule has 210 valence electrons. The third kappa shape index (κ3) is 5.18. The van der Waals surface area contributed by atoms with Crippen LogP contribution in [0.25, 0.3) is 10.9 Å². The molecule has 2 fully saturated rings. The number of aryl methyl sites for hydroxylation is 1. The molecule has 1 spiro atoms. The number of carboxylic acids is 1. The first-order chi connectivity index (χ1) is 19.1. The molecule has 1 saturated carbocycles. The molecule has 0 bridgehead atoms. The van der Waals surface area contributed by atoms with E-state index < -0.39 is 11.4 Å². The van der Waals surface area contributed by atoms with Crippen molar-refractivity contribution in [3.63, 3.8) is 0 Å². The molecule has 5 rings (SSSR count). The van der Waals surface area contributed by atoms with E-state index in [9.17, 15) is 20.0 Å². The smallest absolute Gasteiger partial charge is 0.310 e. The quantitative estimate of drug-likeness (QED) is 0.342. The van der Waals surface area contributed by atoms with Crippen molar-refractivity contribution in [1.82, 2.24) is 15.2 Å². The lowest BCUT2D eigenvalue weighted by atomic mass is 9.56. The van der Waals surface area contributed by atoms with Gasteiger partial charge in [0.25, 0.3) is 5.91 Å². The van der Waals surface area contributed by atoms with Gasteiger partial charge in [0.2, 0.25) is 0 Å². The summed E-state index contributed by atoms with van der Waals surface area (Å²) in [6.45, 7) is 6.96. The Bertz CT molecular complexity index is 1460. The number of aromatic nitrogens is 1. The Labute approximate surface area is 235 Å². The van der Waals surface area contributed by atoms with Crippen molar-refractivity contribution in [2.75, 3.05) is 20.2 Å². The standard InChI is InChI=1S/C32H38N4O4/c1-20-13-27(40-4)25(24-9-11-34-28(20)24)18-36-12-10-32(14-21(15-32)17-33)16-26(36)22-5-7-23(8-6-22)29(37)35-19-31(2,3)30(38)39/h5-9,11,13,21,26,34H,10,12,14-16,18-19H2,1-4H3,(H,35,37)(H,38,39). The number of likely N-dealkylation sites (tertiary alicyclic amines) is 1. The first-order valence-electron chi connectivity index (χ1n) is 13.9. The number of amides is 1. The number of nitrogens with zero attached hydrogens (tertiary/aromatic N) is 2. The second-order valence-electron chi connectivity index (χ2n) is 12.3. The molecule has 2 aromatic carbocycles. The van der Waals surface area contributed by atoms with Gasteiger partial charge in [-0.05, 0) is 93.8 Å². The molecule has 1 saturated heterocycles. The number of carbonyl (C=O) groups excluding carboxylic acids is 1. The van der Waals surface area contributed by atoms with Crippen molar-refractivity contribution in [3.8, 4) is 11.8 Å². The van der Waals surface area contributed by atoms with E-state index in [1.165, 1.54) is 5.39 Å². The summed E-state index contributed by atoms with van der Waals surface area (Å²) in [6, 6.07) is 14.5. The molecule has 1 atom stereocenters. The Balaban J connectivity index is 1.41. The molecule has 1 aliphatic heterocycles. The Morgan fingerprint density at radius 2 is 1.95 bits per heavy atom. The number of aliphatic carboxylic acids is 1. The molecule has 3 N–H and O–H groups in total. The lowest BCUT2D eigenvalue weighted by Gasteiger charge is -2.53. The number of hydrogen-bond acceptors (Lipinski definition) is 5. The zero-order chi connectivity index (χ0) is 28.7. The fourth-order valence-electron chi connectivity index (χ4n) is 6.46. The highest BCUT2D eigenvalue weighted by atomic mass is 16.5. The predicted octanol–water partition coefficient (Wildman–Crippen LogP) is 5.58. The fourth-order valence-corrected chi connectivity index (χ4v) is 6.46. The summed E-state index contributed by atoms with van der Waals surface area (Å²) in [5.74, 6) is -0.211. The maximum Gasteiger partial charge on any atom is 0.310 e. The minimum atomic E-state index is -1.04. The van der Waals surface area contributed by atoms with Crippen LogP contribution in [0.4, 0.5) is 0 Å². The highest BCUT2D eigenvalue weighted by molar-refractivity contribution is 5.94. The number of aromatic amines is 1. The summed E-state index contributed by atoms with van der Waals surface area (Å²) in [5.41, 5.74) is 4.21. The lowest BCUT2D eigenvalue weighted by molar-refractivity contribution is -0.146. The second-order valence-corrected chi connectivity index (χ2v) is 12.3. The Morgan fingerprint density at radius 3 is 2.60 bits per heavy atom. The van der Waals surface area contributed by atoms with Gasteiger partial charge in [-0.15, -0.1) is 0 Å². The largest absolute Gasteiger partial charge is 0.496 e. The molecule has 40 heavy (non-hydrogen) atoms. The van der Waals surface area contributed by atoms with Crippen molar-refractivity contribution in [3.05, 3.63) is 64.8 Å². The Kier molecular flexibility index (Phi) is 7.36. The molecule has 1 amide bonds. The zero-order valence-electron chi connectivity index (χ0n) is 23.7. The summed E-state index contributed by atoms with van der Waals surface area (Å²) in [5, 5.41) is 22.7. The number of methoxy groups -OCH3 is 1. The summed E-state index contributed by atoms with van der Waals surface area (Å²) in [6.07, 6.45) is 5.90. The maximum absolute atomic E-state index is 12.8. The third-order valence-electron chi connectivity index (χ3n) is 9.06. The highest BCUT2D eigenvalue weighted by Gasteiger charge is 2.49. The Morgan fingerprint density at radius 1 is 1.23 bits per heavy atom. The van der Waals surface area contributed by atoms with Gasteiger partial charge in [0.1, 0.15) is 5.75 Å². The number of nitrogens with one attached hydrogen (secondary N) is 2. The first kappa shape index (κ1) is 27.7. The predicted molar refractivity (Wildman–Crippen MR) is 153 cm³/mol. The van der Waals surface area contributed by atoms with Crippen LogP contribution in [-0.2, 0) is 11.3 Å². The molecule has 1 aromatic heterocycles. The number of hydrogen-bond donors (Lipinski definition) is 3. The van der Waals surface area contributed by atoms with Gasteiger partial charge in [-0.1, -0.05) is 12.1 Å².